The molecule has 2 atom stereocenters. The average Bonchev–Trinajstić information content (AvgIpc) is 3.00. The molecular formula is C33H37FN4O6. The van der Waals surface area contributed by atoms with E-state index in [1.165, 1.54) is 29.2 Å². The Hall–Kier alpha value is -4.93. The highest BCUT2D eigenvalue weighted by Crippen LogP contribution is 2.23. The molecule has 0 spiro atoms. The topological polar surface area (TPSA) is 137 Å². The van der Waals surface area contributed by atoms with Gasteiger partial charge < -0.3 is 30.7 Å². The average molecular weight is 605 g/mol. The van der Waals surface area contributed by atoms with Gasteiger partial charge >= 0.3 is 0 Å². The lowest BCUT2D eigenvalue weighted by Crippen LogP contribution is -2.54. The summed E-state index contributed by atoms with van der Waals surface area (Å²) in [5, 5.41) is 17.9. The largest absolute Gasteiger partial charge is 0.508 e. The third-order valence-corrected chi connectivity index (χ3v) is 7.54. The number of nitrogens with one attached hydrogen (secondary N) is 3. The van der Waals surface area contributed by atoms with Crippen LogP contribution in [0, 0.1) is 5.82 Å². The first kappa shape index (κ1) is 32.0. The van der Waals surface area contributed by atoms with E-state index in [0.29, 0.717) is 5.56 Å². The summed E-state index contributed by atoms with van der Waals surface area (Å²) in [5.41, 5.74) is 1.07. The number of hydrogen-bond donors (Lipinski definition) is 4. The van der Waals surface area contributed by atoms with Crippen molar-refractivity contribution < 1.29 is 33.4 Å². The van der Waals surface area contributed by atoms with Crippen molar-refractivity contribution in [3.05, 3.63) is 95.3 Å². The highest BCUT2D eigenvalue weighted by molar-refractivity contribution is 6.01. The molecule has 11 heteroatoms. The Morgan fingerprint density at radius 2 is 1.70 bits per heavy atom. The van der Waals surface area contributed by atoms with Crippen molar-refractivity contribution in [3.8, 4) is 11.5 Å². The Morgan fingerprint density at radius 1 is 1.02 bits per heavy atom. The summed E-state index contributed by atoms with van der Waals surface area (Å²) in [6, 6.07) is 16.5. The molecule has 0 bridgehead atoms. The van der Waals surface area contributed by atoms with Crippen molar-refractivity contribution in [2.24, 2.45) is 0 Å². The molecule has 0 saturated carbocycles. The van der Waals surface area contributed by atoms with Crippen molar-refractivity contribution in [1.29, 1.82) is 0 Å². The van der Waals surface area contributed by atoms with Crippen molar-refractivity contribution in [2.75, 3.05) is 26.7 Å². The van der Waals surface area contributed by atoms with Crippen LogP contribution < -0.4 is 20.7 Å². The van der Waals surface area contributed by atoms with E-state index in [9.17, 15) is 28.7 Å². The maximum atomic E-state index is 13.5. The zero-order chi connectivity index (χ0) is 31.9. The molecule has 0 aliphatic carbocycles. The van der Waals surface area contributed by atoms with Crippen molar-refractivity contribution in [1.82, 2.24) is 20.9 Å². The molecule has 0 unspecified atom stereocenters. The molecule has 0 fully saturated rings. The van der Waals surface area contributed by atoms with Crippen LogP contribution in [-0.4, -0.2) is 72.5 Å². The number of phenols is 1. The molecule has 1 heterocycles. The van der Waals surface area contributed by atoms with Crippen LogP contribution in [0.25, 0.3) is 0 Å². The molecule has 0 radical (unpaired) electrons. The maximum Gasteiger partial charge on any atom is 0.255 e. The molecule has 0 aromatic heterocycles. The van der Waals surface area contributed by atoms with Crippen molar-refractivity contribution in [3.63, 3.8) is 0 Å². The third-order valence-electron chi connectivity index (χ3n) is 7.54. The lowest BCUT2D eigenvalue weighted by atomic mass is 9.84. The molecule has 232 valence electrons. The number of ether oxygens (including phenoxy) is 1. The molecule has 1 aliphatic rings. The SMILES string of the molecule is CN1CCOc2ccccc2C(=O)N[C@H](C(=O)NCC(C)(C)c2ccc(F)cc2)CC(=O)N[C@@H](Cc2ccc(O)cc2)C1=O. The summed E-state index contributed by atoms with van der Waals surface area (Å²) < 4.78 is 19.3. The van der Waals surface area contributed by atoms with E-state index in [4.69, 9.17) is 4.74 Å². The van der Waals surface area contributed by atoms with Gasteiger partial charge in [0, 0.05) is 25.4 Å². The maximum absolute atomic E-state index is 13.5. The highest BCUT2D eigenvalue weighted by atomic mass is 19.1. The summed E-state index contributed by atoms with van der Waals surface area (Å²) >= 11 is 0. The fourth-order valence-electron chi connectivity index (χ4n) is 4.84. The number of para-hydroxylation sites is 1. The van der Waals surface area contributed by atoms with Crippen LogP contribution in [0.2, 0.25) is 0 Å². The van der Waals surface area contributed by atoms with Gasteiger partial charge in [-0.3, -0.25) is 19.2 Å². The van der Waals surface area contributed by atoms with Crippen LogP contribution >= 0.6 is 0 Å². The number of aromatic hydroxyl groups is 1. The minimum absolute atomic E-state index is 0.0665. The van der Waals surface area contributed by atoms with Crippen LogP contribution in [0.4, 0.5) is 4.39 Å². The molecular weight excluding hydrogens is 567 g/mol. The Bertz CT molecular complexity index is 1490. The van der Waals surface area contributed by atoms with E-state index in [-0.39, 0.29) is 54.9 Å². The molecule has 4 amide bonds. The Morgan fingerprint density at radius 3 is 2.41 bits per heavy atom. The second-order valence-corrected chi connectivity index (χ2v) is 11.4. The number of carbonyl (C=O) groups excluding carboxylic acids is 4. The minimum atomic E-state index is -1.29. The van der Waals surface area contributed by atoms with Crippen LogP contribution in [-0.2, 0) is 26.2 Å². The predicted molar refractivity (Wildman–Crippen MR) is 162 cm³/mol. The number of phenolic OH excluding ortho intramolecular Hbond substituents is 1. The molecule has 3 aromatic rings. The van der Waals surface area contributed by atoms with Crippen LogP contribution in [0.3, 0.4) is 0 Å². The third kappa shape index (κ3) is 8.33. The summed E-state index contributed by atoms with van der Waals surface area (Å²) in [7, 11) is 1.59. The van der Waals surface area contributed by atoms with Gasteiger partial charge in [0.05, 0.1) is 18.5 Å². The van der Waals surface area contributed by atoms with Gasteiger partial charge in [-0.05, 0) is 47.5 Å². The van der Waals surface area contributed by atoms with Gasteiger partial charge in [-0.1, -0.05) is 50.2 Å². The van der Waals surface area contributed by atoms with E-state index in [1.807, 2.05) is 13.8 Å². The van der Waals surface area contributed by atoms with Gasteiger partial charge in [-0.2, -0.15) is 0 Å². The number of hydrogen-bond acceptors (Lipinski definition) is 6. The monoisotopic (exact) mass is 604 g/mol. The minimum Gasteiger partial charge on any atom is -0.508 e. The predicted octanol–water partition coefficient (Wildman–Crippen LogP) is 2.69. The zero-order valence-electron chi connectivity index (χ0n) is 24.9. The van der Waals surface area contributed by atoms with Gasteiger partial charge in [-0.25, -0.2) is 4.39 Å². The van der Waals surface area contributed by atoms with Crippen LogP contribution in [0.15, 0.2) is 72.8 Å². The fraction of sp³-hybridized carbons (Fsp3) is 0.333. The van der Waals surface area contributed by atoms with E-state index >= 15 is 0 Å². The number of rotatable bonds is 6. The van der Waals surface area contributed by atoms with Gasteiger partial charge in [0.2, 0.25) is 17.7 Å². The summed E-state index contributed by atoms with van der Waals surface area (Å²) in [4.78, 5) is 55.1. The fourth-order valence-corrected chi connectivity index (χ4v) is 4.84. The molecule has 1 aliphatic heterocycles. The van der Waals surface area contributed by atoms with E-state index in [0.717, 1.165) is 5.56 Å². The number of carbonyl (C=O) groups is 4. The normalized spacial score (nSPS) is 18.3. The lowest BCUT2D eigenvalue weighted by Gasteiger charge is -2.28. The number of benzene rings is 3. The molecule has 4 N–H and O–H groups in total. The first-order chi connectivity index (χ1) is 20.9. The van der Waals surface area contributed by atoms with Gasteiger partial charge in [-0.15, -0.1) is 0 Å². The van der Waals surface area contributed by atoms with E-state index in [2.05, 4.69) is 16.0 Å². The Labute approximate surface area is 255 Å². The zero-order valence-corrected chi connectivity index (χ0v) is 24.9. The lowest BCUT2D eigenvalue weighted by molar-refractivity contribution is -0.136. The smallest absolute Gasteiger partial charge is 0.255 e. The quantitative estimate of drug-likeness (QED) is 0.342. The molecule has 44 heavy (non-hydrogen) atoms. The number of likely N-dealkylation sites (N-methyl/N-ethyl adjacent to an activating group) is 1. The van der Waals surface area contributed by atoms with Gasteiger partial charge in [0.15, 0.2) is 0 Å². The number of halogens is 1. The van der Waals surface area contributed by atoms with Crippen LogP contribution in [0.5, 0.6) is 11.5 Å². The van der Waals surface area contributed by atoms with E-state index < -0.39 is 41.6 Å². The van der Waals surface area contributed by atoms with Crippen molar-refractivity contribution >= 4 is 23.6 Å². The van der Waals surface area contributed by atoms with Crippen LogP contribution in [0.1, 0.15) is 41.8 Å². The number of nitrogens with zero attached hydrogens (tertiary/aromatic N) is 1. The number of amides is 4. The molecule has 0 saturated heterocycles. The van der Waals surface area contributed by atoms with Crippen molar-refractivity contribution in [2.45, 2.75) is 44.2 Å². The second-order valence-electron chi connectivity index (χ2n) is 11.4. The van der Waals surface area contributed by atoms with Gasteiger partial charge in [0.25, 0.3) is 5.91 Å². The Kier molecular flexibility index (Phi) is 10.2. The Balaban J connectivity index is 1.59. The first-order valence-electron chi connectivity index (χ1n) is 14.3. The summed E-state index contributed by atoms with van der Waals surface area (Å²) in [5.74, 6) is -2.23. The van der Waals surface area contributed by atoms with Gasteiger partial charge in [0.1, 0.15) is 36.0 Å². The second kappa shape index (κ2) is 14.0. The standard InChI is InChI=1S/C33H37FN4O6/c1-33(2,22-10-12-23(34)13-11-22)20-35-31(42)26-19-29(40)36-27(18-21-8-14-24(39)15-9-21)32(43)38(3)16-17-44-28-7-5-4-6-25(28)30(41)37-26/h4-15,26-27,39H,16-20H2,1-3H3,(H,35,42)(H,36,40)(H,37,41)/t26-,27-/m0/s1. The van der Waals surface area contributed by atoms with E-state index in [1.54, 1.807) is 55.6 Å². The summed E-state index contributed by atoms with van der Waals surface area (Å²) in [6.07, 6.45) is -0.311. The first-order valence-corrected chi connectivity index (χ1v) is 14.3. The summed E-state index contributed by atoms with van der Waals surface area (Å²) in [6.45, 7) is 4.16. The molecule has 10 nitrogen and oxygen atoms in total. The highest BCUT2D eigenvalue weighted by Gasteiger charge is 2.31. The molecule has 3 aromatic carbocycles. The number of fused-ring (bicyclic) bond motifs is 1. The molecule has 4 rings (SSSR count).